The molecule has 2 fully saturated rings. The van der Waals surface area contributed by atoms with Crippen molar-refractivity contribution in [2.75, 3.05) is 31.1 Å². The first kappa shape index (κ1) is 17.6. The lowest BCUT2D eigenvalue weighted by atomic mass is 9.95. The van der Waals surface area contributed by atoms with Crippen LogP contribution in [0.15, 0.2) is 30.3 Å². The molecule has 0 unspecified atom stereocenters. The zero-order chi connectivity index (χ0) is 16.8. The first-order valence-corrected chi connectivity index (χ1v) is 10.2. The third-order valence-corrected chi connectivity index (χ3v) is 6.21. The maximum Gasteiger partial charge on any atom is 0.260 e. The van der Waals surface area contributed by atoms with Crippen LogP contribution in [0.4, 0.5) is 0 Å². The van der Waals surface area contributed by atoms with Crippen molar-refractivity contribution in [3.8, 4) is 5.75 Å². The lowest BCUT2D eigenvalue weighted by Gasteiger charge is -2.35. The number of piperidine rings is 1. The van der Waals surface area contributed by atoms with E-state index >= 15 is 0 Å². The van der Waals surface area contributed by atoms with Gasteiger partial charge in [0.25, 0.3) is 5.91 Å². The first-order valence-electron chi connectivity index (χ1n) is 9.03. The average molecular weight is 349 g/mol. The number of para-hydroxylation sites is 1. The molecule has 0 saturated carbocycles. The minimum absolute atomic E-state index is 0.0199. The molecule has 1 aromatic rings. The van der Waals surface area contributed by atoms with Gasteiger partial charge < -0.3 is 10.1 Å². The molecule has 24 heavy (non-hydrogen) atoms. The molecular weight excluding hydrogens is 320 g/mol. The van der Waals surface area contributed by atoms with Gasteiger partial charge in [-0.15, -0.1) is 0 Å². The van der Waals surface area contributed by atoms with Gasteiger partial charge in [0.2, 0.25) is 0 Å². The van der Waals surface area contributed by atoms with Gasteiger partial charge in [-0.3, -0.25) is 9.69 Å². The molecule has 2 saturated heterocycles. The molecule has 1 N–H and O–H groups in total. The number of thioether (sulfide) groups is 1. The van der Waals surface area contributed by atoms with Crippen molar-refractivity contribution >= 4 is 17.7 Å². The summed E-state index contributed by atoms with van der Waals surface area (Å²) in [5.74, 6) is 3.94. The van der Waals surface area contributed by atoms with Gasteiger partial charge in [0, 0.05) is 18.3 Å². The zero-order valence-corrected chi connectivity index (χ0v) is 15.3. The summed E-state index contributed by atoms with van der Waals surface area (Å²) < 4.78 is 5.68. The van der Waals surface area contributed by atoms with E-state index in [9.17, 15) is 4.79 Å². The van der Waals surface area contributed by atoms with E-state index in [-0.39, 0.29) is 5.91 Å². The fourth-order valence-electron chi connectivity index (χ4n) is 3.48. The molecule has 2 aliphatic heterocycles. The molecule has 0 spiro atoms. The van der Waals surface area contributed by atoms with E-state index in [1.165, 1.54) is 43.9 Å². The van der Waals surface area contributed by atoms with Crippen LogP contribution in [0.5, 0.6) is 5.75 Å². The highest BCUT2D eigenvalue weighted by Gasteiger charge is 2.27. The van der Waals surface area contributed by atoms with Crippen molar-refractivity contribution in [1.82, 2.24) is 10.2 Å². The first-order chi connectivity index (χ1) is 11.7. The van der Waals surface area contributed by atoms with Gasteiger partial charge in [0.15, 0.2) is 6.10 Å². The second-order valence-electron chi connectivity index (χ2n) is 6.82. The number of carbonyl (C=O) groups excluding carboxylic acids is 1. The molecule has 0 radical (unpaired) electrons. The number of amides is 1. The number of nitrogens with one attached hydrogen (secondary N) is 1. The maximum atomic E-state index is 12.2. The largest absolute Gasteiger partial charge is 0.481 e. The summed E-state index contributed by atoms with van der Waals surface area (Å²) in [7, 11) is 0. The van der Waals surface area contributed by atoms with Crippen LogP contribution >= 0.6 is 11.8 Å². The maximum absolute atomic E-state index is 12.2. The fraction of sp³-hybridized carbons (Fsp3) is 0.632. The van der Waals surface area contributed by atoms with E-state index < -0.39 is 6.10 Å². The predicted octanol–water partition coefficient (Wildman–Crippen LogP) is 2.79. The molecule has 5 heteroatoms. The van der Waals surface area contributed by atoms with Crippen molar-refractivity contribution in [1.29, 1.82) is 0 Å². The van der Waals surface area contributed by atoms with Crippen molar-refractivity contribution < 1.29 is 9.53 Å². The number of carbonyl (C=O) groups is 1. The van der Waals surface area contributed by atoms with Gasteiger partial charge in [-0.2, -0.15) is 11.8 Å². The summed E-state index contributed by atoms with van der Waals surface area (Å²) >= 11 is 2.08. The standard InChI is InChI=1S/C19H28N2O2S/c1-15(23-18-5-3-2-4-6-18)19(22)20-13-16-7-10-21(11-8-16)17-9-12-24-14-17/h2-6,15-17H,7-14H2,1H3,(H,20,22)/t15-,17-/m0/s1. The van der Waals surface area contributed by atoms with Crippen LogP contribution in [-0.4, -0.2) is 54.1 Å². The Morgan fingerprint density at radius 1 is 1.29 bits per heavy atom. The van der Waals surface area contributed by atoms with E-state index in [0.29, 0.717) is 5.92 Å². The second kappa shape index (κ2) is 8.77. The molecule has 4 nitrogen and oxygen atoms in total. The van der Waals surface area contributed by atoms with Crippen LogP contribution in [0.2, 0.25) is 0 Å². The van der Waals surface area contributed by atoms with Crippen molar-refractivity contribution in [2.24, 2.45) is 5.92 Å². The highest BCUT2D eigenvalue weighted by atomic mass is 32.2. The minimum Gasteiger partial charge on any atom is -0.481 e. The fourth-order valence-corrected chi connectivity index (χ4v) is 4.73. The van der Waals surface area contributed by atoms with E-state index in [4.69, 9.17) is 4.74 Å². The molecule has 2 heterocycles. The number of hydrogen-bond donors (Lipinski definition) is 1. The lowest BCUT2D eigenvalue weighted by Crippen LogP contribution is -2.45. The number of hydrogen-bond acceptors (Lipinski definition) is 4. The Labute approximate surface area is 149 Å². The molecular formula is C19H28N2O2S. The Hall–Kier alpha value is -1.20. The summed E-state index contributed by atoms with van der Waals surface area (Å²) in [6, 6.07) is 10.3. The molecule has 0 aliphatic carbocycles. The Kier molecular flexibility index (Phi) is 6.44. The number of ether oxygens (including phenoxy) is 1. The Morgan fingerprint density at radius 3 is 2.71 bits per heavy atom. The monoisotopic (exact) mass is 348 g/mol. The van der Waals surface area contributed by atoms with E-state index in [2.05, 4.69) is 22.0 Å². The van der Waals surface area contributed by atoms with E-state index in [1.807, 2.05) is 37.3 Å². The van der Waals surface area contributed by atoms with Gasteiger partial charge in [-0.05, 0) is 63.1 Å². The Balaban J connectivity index is 1.36. The highest BCUT2D eigenvalue weighted by Crippen LogP contribution is 2.26. The number of nitrogens with zero attached hydrogens (tertiary/aromatic N) is 1. The minimum atomic E-state index is -0.456. The van der Waals surface area contributed by atoms with Crippen molar-refractivity contribution in [2.45, 2.75) is 38.3 Å². The topological polar surface area (TPSA) is 41.6 Å². The molecule has 132 valence electrons. The van der Waals surface area contributed by atoms with Crippen LogP contribution < -0.4 is 10.1 Å². The SMILES string of the molecule is C[C@H](Oc1ccccc1)C(=O)NCC1CCN([C@H]2CCSC2)CC1. The van der Waals surface area contributed by atoms with Crippen LogP contribution in [0.3, 0.4) is 0 Å². The molecule has 1 aromatic carbocycles. The smallest absolute Gasteiger partial charge is 0.260 e. The summed E-state index contributed by atoms with van der Waals surface area (Å²) in [5, 5.41) is 3.07. The quantitative estimate of drug-likeness (QED) is 0.858. The van der Waals surface area contributed by atoms with Gasteiger partial charge in [0.1, 0.15) is 5.75 Å². The summed E-state index contributed by atoms with van der Waals surface area (Å²) in [5.41, 5.74) is 0. The van der Waals surface area contributed by atoms with Gasteiger partial charge >= 0.3 is 0 Å². The van der Waals surface area contributed by atoms with Gasteiger partial charge in [0.05, 0.1) is 0 Å². The van der Waals surface area contributed by atoms with Crippen LogP contribution in [-0.2, 0) is 4.79 Å². The second-order valence-corrected chi connectivity index (χ2v) is 7.96. The number of likely N-dealkylation sites (tertiary alicyclic amines) is 1. The van der Waals surface area contributed by atoms with Crippen LogP contribution in [0, 0.1) is 5.92 Å². The molecule has 2 aliphatic rings. The van der Waals surface area contributed by atoms with E-state index in [0.717, 1.165) is 18.3 Å². The Bertz CT molecular complexity index is 511. The number of benzene rings is 1. The number of rotatable bonds is 6. The van der Waals surface area contributed by atoms with Gasteiger partial charge in [-0.25, -0.2) is 0 Å². The van der Waals surface area contributed by atoms with Gasteiger partial charge in [-0.1, -0.05) is 18.2 Å². The lowest BCUT2D eigenvalue weighted by molar-refractivity contribution is -0.127. The molecule has 0 bridgehead atoms. The molecule has 2 atom stereocenters. The Morgan fingerprint density at radius 2 is 2.04 bits per heavy atom. The summed E-state index contributed by atoms with van der Waals surface area (Å²) in [4.78, 5) is 14.9. The highest BCUT2D eigenvalue weighted by molar-refractivity contribution is 7.99. The average Bonchev–Trinajstić information content (AvgIpc) is 3.15. The zero-order valence-electron chi connectivity index (χ0n) is 14.4. The molecule has 0 aromatic heterocycles. The third-order valence-electron chi connectivity index (χ3n) is 5.06. The third kappa shape index (κ3) is 4.90. The molecule has 3 rings (SSSR count). The normalized spacial score (nSPS) is 23.8. The summed E-state index contributed by atoms with van der Waals surface area (Å²) in [6.07, 6.45) is 3.27. The van der Waals surface area contributed by atoms with Crippen molar-refractivity contribution in [3.63, 3.8) is 0 Å². The van der Waals surface area contributed by atoms with Crippen LogP contribution in [0.25, 0.3) is 0 Å². The summed E-state index contributed by atoms with van der Waals surface area (Å²) in [6.45, 7) is 4.95. The molecule has 1 amide bonds. The predicted molar refractivity (Wildman–Crippen MR) is 99.6 cm³/mol. The van der Waals surface area contributed by atoms with E-state index in [1.54, 1.807) is 0 Å². The van der Waals surface area contributed by atoms with Crippen LogP contribution in [0.1, 0.15) is 26.2 Å². The van der Waals surface area contributed by atoms with Crippen molar-refractivity contribution in [3.05, 3.63) is 30.3 Å².